The molecule has 0 bridgehead atoms. The van der Waals surface area contributed by atoms with E-state index in [2.05, 4.69) is 38.6 Å². The summed E-state index contributed by atoms with van der Waals surface area (Å²) in [5.74, 6) is 1.53. The first-order chi connectivity index (χ1) is 17.7. The van der Waals surface area contributed by atoms with E-state index in [1.807, 2.05) is 10.9 Å². The Bertz CT molecular complexity index is 1350. The third kappa shape index (κ3) is 5.27. The number of likely N-dealkylation sites (tertiary alicyclic amines) is 1. The Morgan fingerprint density at radius 3 is 2.57 bits per heavy atom. The number of nitrogen functional groups attached to an aromatic ring is 1. The maximum Gasteiger partial charge on any atom is 0.244 e. The first-order valence-corrected chi connectivity index (χ1v) is 14.1. The van der Waals surface area contributed by atoms with E-state index in [1.54, 1.807) is 24.5 Å². The largest absolute Gasteiger partial charge is 0.449 e. The van der Waals surface area contributed by atoms with Crippen molar-refractivity contribution in [1.29, 1.82) is 0 Å². The predicted octanol–water partition coefficient (Wildman–Crippen LogP) is 2.88. The molecular formula is C25H34N8O3S. The summed E-state index contributed by atoms with van der Waals surface area (Å²) in [5.41, 5.74) is 6.91. The summed E-state index contributed by atoms with van der Waals surface area (Å²) in [5, 5.41) is 4.54. The van der Waals surface area contributed by atoms with Gasteiger partial charge in [-0.1, -0.05) is 0 Å². The molecule has 3 aromatic rings. The van der Waals surface area contributed by atoms with Crippen LogP contribution in [0.4, 0.5) is 11.6 Å². The fourth-order valence-electron chi connectivity index (χ4n) is 5.00. The lowest BCUT2D eigenvalue weighted by Crippen LogP contribution is -2.31. The highest BCUT2D eigenvalue weighted by Gasteiger charge is 2.32. The number of rotatable bonds is 7. The molecule has 0 saturated carbocycles. The molecule has 2 fully saturated rings. The number of aromatic nitrogens is 4. The normalized spacial score (nSPS) is 19.4. The quantitative estimate of drug-likeness (QED) is 0.477. The lowest BCUT2D eigenvalue weighted by molar-refractivity contribution is 0.212. The molecule has 0 aromatic carbocycles. The van der Waals surface area contributed by atoms with Crippen LogP contribution in [0.2, 0.25) is 0 Å². The molecular weight excluding hydrogens is 492 g/mol. The van der Waals surface area contributed by atoms with Crippen LogP contribution in [-0.2, 0) is 10.0 Å². The Balaban J connectivity index is 1.60. The van der Waals surface area contributed by atoms with Crippen LogP contribution in [0.25, 0.3) is 11.3 Å². The van der Waals surface area contributed by atoms with Gasteiger partial charge in [-0.05, 0) is 78.0 Å². The molecule has 198 valence electrons. The molecule has 0 unspecified atom stereocenters. The Morgan fingerprint density at radius 1 is 1.14 bits per heavy atom. The molecule has 3 N–H and O–H groups in total. The van der Waals surface area contributed by atoms with Gasteiger partial charge in [0.2, 0.25) is 10.0 Å². The third-order valence-corrected chi connectivity index (χ3v) is 8.67. The lowest BCUT2D eigenvalue weighted by atomic mass is 10.1. The molecule has 12 heteroatoms. The van der Waals surface area contributed by atoms with Crippen LogP contribution < -0.4 is 20.1 Å². The van der Waals surface area contributed by atoms with Crippen LogP contribution in [0, 0.1) is 0 Å². The van der Waals surface area contributed by atoms with Crippen molar-refractivity contribution in [3.8, 4) is 22.8 Å². The van der Waals surface area contributed by atoms with Gasteiger partial charge in [0.1, 0.15) is 10.7 Å². The molecule has 1 atom stereocenters. The second-order valence-corrected chi connectivity index (χ2v) is 11.7. The first-order valence-electron chi connectivity index (χ1n) is 12.6. The summed E-state index contributed by atoms with van der Waals surface area (Å²) in [6, 6.07) is 5.44. The van der Waals surface area contributed by atoms with Crippen LogP contribution in [0.5, 0.6) is 11.5 Å². The van der Waals surface area contributed by atoms with Crippen molar-refractivity contribution in [1.82, 2.24) is 29.4 Å². The zero-order valence-corrected chi connectivity index (χ0v) is 22.3. The molecule has 2 aliphatic heterocycles. The topological polar surface area (TPSA) is 132 Å². The molecule has 5 heterocycles. The highest BCUT2D eigenvalue weighted by molar-refractivity contribution is 7.89. The van der Waals surface area contributed by atoms with E-state index < -0.39 is 10.0 Å². The number of anilines is 2. The number of hydrogen-bond acceptors (Lipinski definition) is 9. The number of hydrogen-bond donors (Lipinski definition) is 2. The summed E-state index contributed by atoms with van der Waals surface area (Å²) in [7, 11) is -0.387. The number of ether oxygens (including phenoxy) is 1. The van der Waals surface area contributed by atoms with Crippen molar-refractivity contribution < 1.29 is 13.2 Å². The fraction of sp³-hybridized carbons (Fsp3) is 0.480. The van der Waals surface area contributed by atoms with Gasteiger partial charge in [0, 0.05) is 24.3 Å². The number of nitrogens with two attached hydrogens (primary N) is 1. The van der Waals surface area contributed by atoms with Crippen LogP contribution in [0.15, 0.2) is 41.7 Å². The van der Waals surface area contributed by atoms with Crippen molar-refractivity contribution in [2.45, 2.75) is 49.6 Å². The maximum atomic E-state index is 13.3. The molecule has 0 amide bonds. The van der Waals surface area contributed by atoms with Gasteiger partial charge in [-0.3, -0.25) is 4.68 Å². The third-order valence-electron chi connectivity index (χ3n) is 7.25. The average Bonchev–Trinajstić information content (AvgIpc) is 3.54. The van der Waals surface area contributed by atoms with Crippen LogP contribution >= 0.6 is 0 Å². The van der Waals surface area contributed by atoms with Crippen molar-refractivity contribution in [3.63, 3.8) is 0 Å². The van der Waals surface area contributed by atoms with Gasteiger partial charge >= 0.3 is 0 Å². The Morgan fingerprint density at radius 2 is 1.92 bits per heavy atom. The monoisotopic (exact) mass is 526 g/mol. The smallest absolute Gasteiger partial charge is 0.244 e. The molecule has 3 aromatic heterocycles. The van der Waals surface area contributed by atoms with Gasteiger partial charge in [0.25, 0.3) is 0 Å². The SMILES string of the molecule is CNS(=O)(=O)c1cc(-c2ccc(N)nc2)nc(N2CCC[C@H]2C)c1Oc1cnn(C2CCN(C)CC2)c1. The first kappa shape index (κ1) is 25.4. The van der Waals surface area contributed by atoms with Crippen molar-refractivity contribution in [2.24, 2.45) is 0 Å². The summed E-state index contributed by atoms with van der Waals surface area (Å²) in [6.07, 6.45) is 9.05. The van der Waals surface area contributed by atoms with E-state index >= 15 is 0 Å². The minimum absolute atomic E-state index is 0.0120. The summed E-state index contributed by atoms with van der Waals surface area (Å²) < 4.78 is 37.3. The van der Waals surface area contributed by atoms with E-state index in [-0.39, 0.29) is 22.7 Å². The predicted molar refractivity (Wildman–Crippen MR) is 142 cm³/mol. The molecule has 2 aliphatic rings. The standard InChI is InChI=1S/C25H34N8O3S/c1-17-5-4-10-32(17)25-24(36-20-15-29-33(16-20)19-8-11-31(3)12-9-19)22(37(34,35)27-2)13-21(30-25)18-6-7-23(26)28-14-18/h6-7,13-17,19,27H,4-5,8-12H2,1-3H3,(H2,26,28)/t17-/m1/s1. The minimum Gasteiger partial charge on any atom is -0.449 e. The average molecular weight is 527 g/mol. The van der Waals surface area contributed by atoms with Crippen molar-refractivity contribution >= 4 is 21.7 Å². The Kier molecular flexibility index (Phi) is 7.06. The number of sulfonamides is 1. The Hall–Kier alpha value is -3.22. The van der Waals surface area contributed by atoms with Gasteiger partial charge in [0.05, 0.1) is 24.1 Å². The van der Waals surface area contributed by atoms with E-state index in [4.69, 9.17) is 15.5 Å². The Labute approximate surface area is 217 Å². The van der Waals surface area contributed by atoms with Gasteiger partial charge in [-0.25, -0.2) is 23.1 Å². The number of piperidine rings is 1. The molecule has 0 aliphatic carbocycles. The van der Waals surface area contributed by atoms with Crippen LogP contribution in [-0.4, -0.2) is 72.8 Å². The molecule has 37 heavy (non-hydrogen) atoms. The van der Waals surface area contributed by atoms with E-state index in [9.17, 15) is 8.42 Å². The highest BCUT2D eigenvalue weighted by atomic mass is 32.2. The van der Waals surface area contributed by atoms with Gasteiger partial charge in [-0.15, -0.1) is 0 Å². The second kappa shape index (κ2) is 10.3. The molecule has 0 radical (unpaired) electrons. The zero-order valence-electron chi connectivity index (χ0n) is 21.5. The maximum absolute atomic E-state index is 13.3. The molecule has 5 rings (SSSR count). The van der Waals surface area contributed by atoms with Crippen LogP contribution in [0.3, 0.4) is 0 Å². The molecule has 11 nitrogen and oxygen atoms in total. The van der Waals surface area contributed by atoms with Gasteiger partial charge in [0.15, 0.2) is 17.3 Å². The summed E-state index contributed by atoms with van der Waals surface area (Å²) in [4.78, 5) is 13.5. The lowest BCUT2D eigenvalue weighted by Gasteiger charge is -2.29. The number of nitrogens with one attached hydrogen (secondary N) is 1. The second-order valence-electron chi connectivity index (χ2n) is 9.81. The van der Waals surface area contributed by atoms with Crippen molar-refractivity contribution in [3.05, 3.63) is 36.8 Å². The van der Waals surface area contributed by atoms with E-state index in [0.29, 0.717) is 28.6 Å². The number of nitrogens with zero attached hydrogens (tertiary/aromatic N) is 6. The summed E-state index contributed by atoms with van der Waals surface area (Å²) >= 11 is 0. The molecule has 2 saturated heterocycles. The molecule has 0 spiro atoms. The van der Waals surface area contributed by atoms with Gasteiger partial charge < -0.3 is 20.3 Å². The zero-order chi connectivity index (χ0) is 26.2. The van der Waals surface area contributed by atoms with E-state index in [0.717, 1.165) is 45.3 Å². The van der Waals surface area contributed by atoms with E-state index in [1.165, 1.54) is 13.1 Å². The number of pyridine rings is 2. The highest BCUT2D eigenvalue weighted by Crippen LogP contribution is 2.42. The van der Waals surface area contributed by atoms with Gasteiger partial charge in [-0.2, -0.15) is 5.10 Å². The minimum atomic E-state index is -3.90. The fourth-order valence-corrected chi connectivity index (χ4v) is 5.86. The summed E-state index contributed by atoms with van der Waals surface area (Å²) in [6.45, 7) is 4.88. The van der Waals surface area contributed by atoms with Crippen molar-refractivity contribution in [2.75, 3.05) is 44.4 Å². The van der Waals surface area contributed by atoms with Crippen LogP contribution in [0.1, 0.15) is 38.6 Å².